The molecule has 1 nitrogen and oxygen atoms in total. The van der Waals surface area contributed by atoms with E-state index in [1.54, 1.807) is 0 Å². The van der Waals surface area contributed by atoms with Gasteiger partial charge in [-0.3, -0.25) is 0 Å². The minimum absolute atomic E-state index is 0.632. The van der Waals surface area contributed by atoms with E-state index in [1.165, 1.54) is 0 Å². The Labute approximate surface area is 127 Å². The van der Waals surface area contributed by atoms with E-state index >= 15 is 0 Å². The van der Waals surface area contributed by atoms with Gasteiger partial charge in [0.05, 0.1) is 0 Å². The van der Waals surface area contributed by atoms with Gasteiger partial charge in [0.2, 0.25) is 0 Å². The first-order valence-corrected chi connectivity index (χ1v) is 7.27. The Morgan fingerprint density at radius 2 is 1.68 bits per heavy atom. The van der Waals surface area contributed by atoms with Gasteiger partial charge in [-0.2, -0.15) is 0 Å². The second-order valence-electron chi connectivity index (χ2n) is 4.92. The predicted molar refractivity (Wildman–Crippen MR) is 83.9 cm³/mol. The topological polar surface area (TPSA) is 20.2 Å². The first-order chi connectivity index (χ1) is 8.88. The van der Waals surface area contributed by atoms with Gasteiger partial charge in [-0.1, -0.05) is 39.7 Å². The highest BCUT2D eigenvalue weighted by molar-refractivity contribution is 9.10. The monoisotopic (exact) mass is 338 g/mol. The summed E-state index contributed by atoms with van der Waals surface area (Å²) in [4.78, 5) is 0. The maximum absolute atomic E-state index is 10.6. The zero-order valence-electron chi connectivity index (χ0n) is 11.2. The smallest absolute Gasteiger partial charge is 0.104 e. The van der Waals surface area contributed by atoms with E-state index in [2.05, 4.69) is 15.9 Å². The maximum Gasteiger partial charge on any atom is 0.104 e. The van der Waals surface area contributed by atoms with Crippen molar-refractivity contribution in [3.63, 3.8) is 0 Å². The van der Waals surface area contributed by atoms with Crippen LogP contribution in [0.25, 0.3) is 0 Å². The lowest BCUT2D eigenvalue weighted by Crippen LogP contribution is -2.03. The summed E-state index contributed by atoms with van der Waals surface area (Å²) in [7, 11) is 0. The van der Waals surface area contributed by atoms with Crippen molar-refractivity contribution in [2.24, 2.45) is 0 Å². The van der Waals surface area contributed by atoms with Crippen LogP contribution in [0.15, 0.2) is 34.8 Å². The third-order valence-electron chi connectivity index (χ3n) is 3.22. The van der Waals surface area contributed by atoms with Crippen LogP contribution >= 0.6 is 27.5 Å². The molecule has 0 bridgehead atoms. The summed E-state index contributed by atoms with van der Waals surface area (Å²) in [5.74, 6) is 0. The van der Waals surface area contributed by atoms with E-state index in [0.29, 0.717) is 0 Å². The molecule has 1 N–H and O–H groups in total. The number of rotatable bonds is 2. The number of aliphatic hydroxyl groups is 1. The molecule has 0 heterocycles. The average Bonchev–Trinajstić information content (AvgIpc) is 2.31. The number of aliphatic hydroxyl groups excluding tert-OH is 1. The lowest BCUT2D eigenvalue weighted by Gasteiger charge is -2.16. The fourth-order valence-corrected chi connectivity index (χ4v) is 3.04. The molecule has 0 radical (unpaired) electrons. The standard InChI is InChI=1S/C16H16BrClO/c1-9-4-12(8-13(17)5-9)16(19)14-6-11(3)15(18)7-10(14)2/h4-8,16,19H,1-3H3. The van der Waals surface area contributed by atoms with Crippen LogP contribution in [0, 0.1) is 20.8 Å². The van der Waals surface area contributed by atoms with Crippen molar-refractivity contribution in [2.45, 2.75) is 26.9 Å². The summed E-state index contributed by atoms with van der Waals surface area (Å²) in [5.41, 5.74) is 4.89. The Kier molecular flexibility index (Phi) is 4.34. The molecule has 1 unspecified atom stereocenters. The first-order valence-electron chi connectivity index (χ1n) is 6.10. The van der Waals surface area contributed by atoms with Crippen LogP contribution in [0.2, 0.25) is 5.02 Å². The SMILES string of the molecule is Cc1cc(Br)cc(C(O)c2cc(C)c(Cl)cc2C)c1. The maximum atomic E-state index is 10.6. The van der Waals surface area contributed by atoms with Gasteiger partial charge >= 0.3 is 0 Å². The highest BCUT2D eigenvalue weighted by atomic mass is 79.9. The predicted octanol–water partition coefficient (Wildman–Crippen LogP) is 5.11. The second-order valence-corrected chi connectivity index (χ2v) is 6.25. The fraction of sp³-hybridized carbons (Fsp3) is 0.250. The van der Waals surface area contributed by atoms with Gasteiger partial charge in [-0.15, -0.1) is 0 Å². The minimum atomic E-state index is -0.632. The first kappa shape index (κ1) is 14.6. The van der Waals surface area contributed by atoms with Crippen molar-refractivity contribution < 1.29 is 5.11 Å². The largest absolute Gasteiger partial charge is 0.384 e. The summed E-state index contributed by atoms with van der Waals surface area (Å²) in [6.45, 7) is 5.93. The molecule has 0 aliphatic heterocycles. The van der Waals surface area contributed by atoms with Crippen LogP contribution in [0.4, 0.5) is 0 Å². The number of hydrogen-bond acceptors (Lipinski definition) is 1. The van der Waals surface area contributed by atoms with E-state index in [4.69, 9.17) is 11.6 Å². The third kappa shape index (κ3) is 3.19. The molecule has 2 aromatic carbocycles. The van der Waals surface area contributed by atoms with Crippen molar-refractivity contribution in [3.05, 3.63) is 67.6 Å². The Morgan fingerprint density at radius 1 is 1.00 bits per heavy atom. The molecule has 0 aliphatic carbocycles. The summed E-state index contributed by atoms with van der Waals surface area (Å²) in [5, 5.41) is 11.3. The van der Waals surface area contributed by atoms with E-state index in [-0.39, 0.29) is 0 Å². The van der Waals surface area contributed by atoms with Crippen LogP contribution in [-0.2, 0) is 0 Å². The Bertz CT molecular complexity index is 602. The number of benzene rings is 2. The van der Waals surface area contributed by atoms with Crippen LogP contribution in [0.3, 0.4) is 0 Å². The van der Waals surface area contributed by atoms with Crippen LogP contribution < -0.4 is 0 Å². The van der Waals surface area contributed by atoms with Crippen molar-refractivity contribution in [2.75, 3.05) is 0 Å². The van der Waals surface area contributed by atoms with Gasteiger partial charge in [0.15, 0.2) is 0 Å². The molecule has 0 saturated heterocycles. The van der Waals surface area contributed by atoms with Crippen molar-refractivity contribution in [3.8, 4) is 0 Å². The fourth-order valence-electron chi connectivity index (χ4n) is 2.20. The van der Waals surface area contributed by atoms with Gasteiger partial charge in [0.1, 0.15) is 6.10 Å². The number of hydrogen-bond donors (Lipinski definition) is 1. The highest BCUT2D eigenvalue weighted by Crippen LogP contribution is 2.30. The van der Waals surface area contributed by atoms with E-state index in [1.807, 2.05) is 51.1 Å². The van der Waals surface area contributed by atoms with Crippen molar-refractivity contribution in [1.29, 1.82) is 0 Å². The molecule has 0 aliphatic rings. The van der Waals surface area contributed by atoms with Crippen LogP contribution in [-0.4, -0.2) is 5.11 Å². The van der Waals surface area contributed by atoms with E-state index in [0.717, 1.165) is 37.3 Å². The molecule has 2 rings (SSSR count). The molecular weight excluding hydrogens is 324 g/mol. The molecule has 0 saturated carbocycles. The summed E-state index contributed by atoms with van der Waals surface area (Å²) < 4.78 is 0.977. The molecule has 3 heteroatoms. The lowest BCUT2D eigenvalue weighted by atomic mass is 9.95. The van der Waals surface area contributed by atoms with Crippen molar-refractivity contribution >= 4 is 27.5 Å². The molecule has 2 aromatic rings. The van der Waals surface area contributed by atoms with Gasteiger partial charge in [-0.05, 0) is 66.8 Å². The second kappa shape index (κ2) is 5.66. The number of aryl methyl sites for hydroxylation is 3. The number of halogens is 2. The highest BCUT2D eigenvalue weighted by Gasteiger charge is 2.15. The molecule has 0 fully saturated rings. The van der Waals surface area contributed by atoms with E-state index in [9.17, 15) is 5.11 Å². The zero-order valence-corrected chi connectivity index (χ0v) is 13.5. The van der Waals surface area contributed by atoms with Crippen LogP contribution in [0.5, 0.6) is 0 Å². The molecule has 100 valence electrons. The lowest BCUT2D eigenvalue weighted by molar-refractivity contribution is 0.219. The van der Waals surface area contributed by atoms with Gasteiger partial charge in [0, 0.05) is 9.50 Å². The zero-order chi connectivity index (χ0) is 14.2. The Balaban J connectivity index is 2.49. The average molecular weight is 340 g/mol. The molecule has 1 atom stereocenters. The Morgan fingerprint density at radius 3 is 2.32 bits per heavy atom. The van der Waals surface area contributed by atoms with E-state index < -0.39 is 6.10 Å². The van der Waals surface area contributed by atoms with Gasteiger partial charge < -0.3 is 5.11 Å². The molecule has 19 heavy (non-hydrogen) atoms. The molecule has 0 spiro atoms. The van der Waals surface area contributed by atoms with Crippen LogP contribution in [0.1, 0.15) is 33.9 Å². The molecule has 0 aromatic heterocycles. The minimum Gasteiger partial charge on any atom is -0.384 e. The van der Waals surface area contributed by atoms with Gasteiger partial charge in [-0.25, -0.2) is 0 Å². The quantitative estimate of drug-likeness (QED) is 0.806. The van der Waals surface area contributed by atoms with Crippen molar-refractivity contribution in [1.82, 2.24) is 0 Å². The normalized spacial score (nSPS) is 12.5. The summed E-state index contributed by atoms with van der Waals surface area (Å²) in [6, 6.07) is 9.83. The van der Waals surface area contributed by atoms with Gasteiger partial charge in [0.25, 0.3) is 0 Å². The Hall–Kier alpha value is -0.830. The summed E-state index contributed by atoms with van der Waals surface area (Å²) >= 11 is 9.56. The molecule has 0 amide bonds. The third-order valence-corrected chi connectivity index (χ3v) is 4.09. The molecular formula is C16H16BrClO. The summed E-state index contributed by atoms with van der Waals surface area (Å²) in [6.07, 6.45) is -0.632.